The average Bonchev–Trinajstić information content (AvgIpc) is 3.45. The van der Waals surface area contributed by atoms with Gasteiger partial charge in [0.15, 0.2) is 0 Å². The molecule has 1 aliphatic carbocycles. The van der Waals surface area contributed by atoms with Crippen molar-refractivity contribution in [1.29, 1.82) is 0 Å². The van der Waals surface area contributed by atoms with E-state index in [0.717, 1.165) is 12.8 Å². The van der Waals surface area contributed by atoms with E-state index in [2.05, 4.69) is 5.32 Å². The van der Waals surface area contributed by atoms with Crippen LogP contribution < -0.4 is 10.2 Å². The first kappa shape index (κ1) is 20.3. The molecule has 152 valence electrons. The number of carbonyl (C=O) groups excluding carboxylic acids is 2. The third kappa shape index (κ3) is 5.32. The van der Waals surface area contributed by atoms with Crippen molar-refractivity contribution in [3.63, 3.8) is 0 Å². The minimum absolute atomic E-state index is 0.0336. The zero-order valence-corrected chi connectivity index (χ0v) is 16.5. The number of nitro benzene ring substituents is 1. The summed E-state index contributed by atoms with van der Waals surface area (Å²) in [6, 6.07) is 4.92. The number of anilines is 1. The summed E-state index contributed by atoms with van der Waals surface area (Å²) in [6.45, 7) is 2.31. The van der Waals surface area contributed by atoms with Crippen molar-refractivity contribution in [2.75, 3.05) is 51.2 Å². The lowest BCUT2D eigenvalue weighted by atomic mass is 10.2. The molecule has 0 atom stereocenters. The average molecular weight is 410 g/mol. The maximum Gasteiger partial charge on any atom is 0.294 e. The smallest absolute Gasteiger partial charge is 0.294 e. The first-order valence-electron chi connectivity index (χ1n) is 9.28. The standard InChI is InChI=1S/C18H24ClN5O4/c1-21(11-17(25)20-14-3-4-14)12-18(26)23-8-6-22(7-9-23)15-5-2-13(19)10-16(15)24(27)28/h2,5,10,14H,3-4,6-9,11-12H2,1H3,(H,20,25). The number of piperazine rings is 1. The second kappa shape index (κ2) is 8.74. The van der Waals surface area contributed by atoms with Crippen molar-refractivity contribution in [2.24, 2.45) is 0 Å². The van der Waals surface area contributed by atoms with Crippen LogP contribution in [0.1, 0.15) is 12.8 Å². The van der Waals surface area contributed by atoms with E-state index in [9.17, 15) is 19.7 Å². The zero-order valence-electron chi connectivity index (χ0n) is 15.8. The topological polar surface area (TPSA) is 99.0 Å². The number of halogens is 1. The summed E-state index contributed by atoms with van der Waals surface area (Å²) < 4.78 is 0. The number of carbonyl (C=O) groups is 2. The van der Waals surface area contributed by atoms with Gasteiger partial charge in [-0.1, -0.05) is 11.6 Å². The van der Waals surface area contributed by atoms with Gasteiger partial charge in [0.2, 0.25) is 11.8 Å². The van der Waals surface area contributed by atoms with E-state index < -0.39 is 4.92 Å². The van der Waals surface area contributed by atoms with E-state index in [1.165, 1.54) is 6.07 Å². The Balaban J connectivity index is 1.50. The number of hydrogen-bond donors (Lipinski definition) is 1. The first-order chi connectivity index (χ1) is 13.3. The summed E-state index contributed by atoms with van der Waals surface area (Å²) in [7, 11) is 1.75. The van der Waals surface area contributed by atoms with Crippen molar-refractivity contribution < 1.29 is 14.5 Å². The van der Waals surface area contributed by atoms with E-state index in [-0.39, 0.29) is 30.6 Å². The number of hydrogen-bond acceptors (Lipinski definition) is 6. The number of nitrogens with zero attached hydrogens (tertiary/aromatic N) is 4. The van der Waals surface area contributed by atoms with Gasteiger partial charge in [0.05, 0.1) is 18.0 Å². The minimum Gasteiger partial charge on any atom is -0.362 e. The third-order valence-corrected chi connectivity index (χ3v) is 5.10. The molecule has 1 saturated carbocycles. The van der Waals surface area contributed by atoms with Crippen LogP contribution in [0.25, 0.3) is 0 Å². The maximum absolute atomic E-state index is 12.5. The summed E-state index contributed by atoms with van der Waals surface area (Å²) >= 11 is 5.87. The molecule has 0 unspecified atom stereocenters. The highest BCUT2D eigenvalue weighted by molar-refractivity contribution is 6.30. The van der Waals surface area contributed by atoms with Crippen molar-refractivity contribution in [2.45, 2.75) is 18.9 Å². The fourth-order valence-electron chi connectivity index (χ4n) is 3.24. The Morgan fingerprint density at radius 3 is 2.54 bits per heavy atom. The molecule has 1 N–H and O–H groups in total. The van der Waals surface area contributed by atoms with Gasteiger partial charge in [0, 0.05) is 43.3 Å². The molecule has 1 aromatic carbocycles. The monoisotopic (exact) mass is 409 g/mol. The lowest BCUT2D eigenvalue weighted by Gasteiger charge is -2.36. The van der Waals surface area contributed by atoms with Crippen LogP contribution in [0.4, 0.5) is 11.4 Å². The van der Waals surface area contributed by atoms with Crippen molar-refractivity contribution in [3.05, 3.63) is 33.3 Å². The molecule has 1 saturated heterocycles. The summed E-state index contributed by atoms with van der Waals surface area (Å²) in [5.41, 5.74) is 0.476. The highest BCUT2D eigenvalue weighted by Crippen LogP contribution is 2.31. The molecule has 10 heteroatoms. The molecular formula is C18H24ClN5O4. The molecular weight excluding hydrogens is 386 g/mol. The van der Waals surface area contributed by atoms with Crippen molar-refractivity contribution >= 4 is 34.8 Å². The summed E-state index contributed by atoms with van der Waals surface area (Å²) in [4.78, 5) is 40.5. The predicted molar refractivity (Wildman–Crippen MR) is 106 cm³/mol. The molecule has 2 amide bonds. The summed E-state index contributed by atoms with van der Waals surface area (Å²) in [6.07, 6.45) is 2.06. The molecule has 3 rings (SSSR count). The van der Waals surface area contributed by atoms with Gasteiger partial charge in [-0.25, -0.2) is 0 Å². The van der Waals surface area contributed by atoms with Crippen LogP contribution >= 0.6 is 11.6 Å². The van der Waals surface area contributed by atoms with Crippen LogP contribution in [0.2, 0.25) is 5.02 Å². The highest BCUT2D eigenvalue weighted by atomic mass is 35.5. The lowest BCUT2D eigenvalue weighted by Crippen LogP contribution is -2.51. The molecule has 28 heavy (non-hydrogen) atoms. The Bertz CT molecular complexity index is 762. The van der Waals surface area contributed by atoms with Gasteiger partial charge in [-0.3, -0.25) is 24.6 Å². The molecule has 2 aliphatic rings. The molecule has 2 fully saturated rings. The second-order valence-corrected chi connectivity index (χ2v) is 7.71. The Morgan fingerprint density at radius 2 is 1.93 bits per heavy atom. The van der Waals surface area contributed by atoms with Gasteiger partial charge in [0.1, 0.15) is 5.69 Å². The number of nitrogens with one attached hydrogen (secondary N) is 1. The van der Waals surface area contributed by atoms with Crippen LogP contribution in [0.3, 0.4) is 0 Å². The molecule has 1 aliphatic heterocycles. The molecule has 0 bridgehead atoms. The van der Waals surface area contributed by atoms with Crippen LogP contribution in [-0.2, 0) is 9.59 Å². The van der Waals surface area contributed by atoms with Crippen LogP contribution in [0.15, 0.2) is 18.2 Å². The van der Waals surface area contributed by atoms with E-state index in [1.54, 1.807) is 29.0 Å². The third-order valence-electron chi connectivity index (χ3n) is 4.87. The molecule has 0 spiro atoms. The van der Waals surface area contributed by atoms with Gasteiger partial charge in [-0.2, -0.15) is 0 Å². The van der Waals surface area contributed by atoms with E-state index in [4.69, 9.17) is 11.6 Å². The number of rotatable bonds is 7. The number of nitro groups is 1. The highest BCUT2D eigenvalue weighted by Gasteiger charge is 2.27. The Morgan fingerprint density at radius 1 is 1.25 bits per heavy atom. The molecule has 9 nitrogen and oxygen atoms in total. The zero-order chi connectivity index (χ0) is 20.3. The Kier molecular flexibility index (Phi) is 6.35. The van der Waals surface area contributed by atoms with E-state index in [0.29, 0.717) is 42.9 Å². The van der Waals surface area contributed by atoms with E-state index in [1.807, 2.05) is 4.90 Å². The quantitative estimate of drug-likeness (QED) is 0.535. The van der Waals surface area contributed by atoms with Gasteiger partial charge < -0.3 is 15.1 Å². The van der Waals surface area contributed by atoms with Gasteiger partial charge >= 0.3 is 0 Å². The normalized spacial score (nSPS) is 17.0. The van der Waals surface area contributed by atoms with Gasteiger partial charge in [-0.05, 0) is 32.0 Å². The van der Waals surface area contributed by atoms with Gasteiger partial charge in [-0.15, -0.1) is 0 Å². The fourth-order valence-corrected chi connectivity index (χ4v) is 3.41. The van der Waals surface area contributed by atoms with Crippen molar-refractivity contribution in [1.82, 2.24) is 15.1 Å². The fraction of sp³-hybridized carbons (Fsp3) is 0.556. The molecule has 0 radical (unpaired) electrons. The van der Waals surface area contributed by atoms with Crippen LogP contribution in [-0.4, -0.2) is 78.9 Å². The van der Waals surface area contributed by atoms with Gasteiger partial charge in [0.25, 0.3) is 5.69 Å². The van der Waals surface area contributed by atoms with Crippen molar-refractivity contribution in [3.8, 4) is 0 Å². The minimum atomic E-state index is -0.444. The van der Waals surface area contributed by atoms with Crippen LogP contribution in [0, 0.1) is 10.1 Å². The second-order valence-electron chi connectivity index (χ2n) is 7.27. The van der Waals surface area contributed by atoms with E-state index >= 15 is 0 Å². The number of amides is 2. The largest absolute Gasteiger partial charge is 0.362 e. The number of benzene rings is 1. The summed E-state index contributed by atoms with van der Waals surface area (Å²) in [5, 5.41) is 14.5. The SMILES string of the molecule is CN(CC(=O)NC1CC1)CC(=O)N1CCN(c2ccc(Cl)cc2[N+](=O)[O-])CC1. The lowest BCUT2D eigenvalue weighted by molar-refractivity contribution is -0.384. The maximum atomic E-state index is 12.5. The predicted octanol–water partition coefficient (Wildman–Crippen LogP) is 1.11. The molecule has 1 aromatic rings. The number of likely N-dealkylation sites (N-methyl/N-ethyl adjacent to an activating group) is 1. The van der Waals surface area contributed by atoms with Crippen LogP contribution in [0.5, 0.6) is 0 Å². The molecule has 0 aromatic heterocycles. The molecule has 1 heterocycles. The summed E-state index contributed by atoms with van der Waals surface area (Å²) in [5.74, 6) is -0.107. The Hall–Kier alpha value is -2.39. The first-order valence-corrected chi connectivity index (χ1v) is 9.66. The Labute approximate surface area is 168 Å².